The molecule has 3 rings (SSSR count). The highest BCUT2D eigenvalue weighted by molar-refractivity contribution is 5.92. The monoisotopic (exact) mass is 363 g/mol. The molecule has 0 spiro atoms. The fourth-order valence-corrected chi connectivity index (χ4v) is 2.89. The number of benzene rings is 1. The average Bonchev–Trinajstić information content (AvgIpc) is 2.65. The van der Waals surface area contributed by atoms with Crippen LogP contribution in [0.15, 0.2) is 29.1 Å². The maximum atomic E-state index is 13.6. The topological polar surface area (TPSA) is 64.4 Å². The molecule has 26 heavy (non-hydrogen) atoms. The van der Waals surface area contributed by atoms with Gasteiger partial charge in [-0.3, -0.25) is 9.59 Å². The Kier molecular flexibility index (Phi) is 5.29. The van der Waals surface area contributed by atoms with E-state index in [1.54, 1.807) is 11.8 Å². The van der Waals surface area contributed by atoms with Gasteiger partial charge >= 0.3 is 0 Å². The normalized spacial score (nSPS) is 14.3. The molecule has 0 N–H and O–H groups in total. The predicted octanol–water partition coefficient (Wildman–Crippen LogP) is 2.54. The van der Waals surface area contributed by atoms with Gasteiger partial charge in [-0.15, -0.1) is 0 Å². The second kappa shape index (κ2) is 7.63. The smallest absolute Gasteiger partial charge is 0.278 e. The summed E-state index contributed by atoms with van der Waals surface area (Å²) in [5, 5.41) is 4.11. The van der Waals surface area contributed by atoms with Gasteiger partial charge in [0.25, 0.3) is 5.91 Å². The van der Waals surface area contributed by atoms with Crippen LogP contribution in [0.1, 0.15) is 36.7 Å². The Bertz CT molecular complexity index is 876. The fraction of sp³-hybridized carbons (Fsp3) is 0.389. The molecule has 1 fully saturated rings. The van der Waals surface area contributed by atoms with Gasteiger partial charge in [0.15, 0.2) is 17.3 Å². The van der Waals surface area contributed by atoms with E-state index in [4.69, 9.17) is 4.74 Å². The third-order valence-electron chi connectivity index (χ3n) is 4.18. The summed E-state index contributed by atoms with van der Waals surface area (Å²) in [4.78, 5) is 26.6. The summed E-state index contributed by atoms with van der Waals surface area (Å²) < 4.78 is 33.4. The number of piperidine rings is 1. The Hall–Kier alpha value is -2.77. The molecule has 8 heteroatoms. The molecule has 1 saturated heterocycles. The van der Waals surface area contributed by atoms with E-state index in [1.165, 1.54) is 6.07 Å². The van der Waals surface area contributed by atoms with E-state index in [9.17, 15) is 18.4 Å². The largest absolute Gasteiger partial charge is 0.478 e. The molecule has 0 radical (unpaired) electrons. The lowest BCUT2D eigenvalue weighted by Crippen LogP contribution is -2.39. The first-order chi connectivity index (χ1) is 12.5. The van der Waals surface area contributed by atoms with Crippen LogP contribution in [0.4, 0.5) is 8.78 Å². The number of nitrogens with zero attached hydrogens (tertiary/aromatic N) is 3. The number of hydrogen-bond donors (Lipinski definition) is 0. The van der Waals surface area contributed by atoms with Crippen LogP contribution in [0.2, 0.25) is 0 Å². The molecule has 1 aromatic heterocycles. The molecule has 0 unspecified atom stereocenters. The lowest BCUT2D eigenvalue weighted by Gasteiger charge is -2.26. The Labute approximate surface area is 149 Å². The average molecular weight is 363 g/mol. The van der Waals surface area contributed by atoms with Gasteiger partial charge < -0.3 is 9.64 Å². The molecule has 1 amide bonds. The number of carbonyl (C=O) groups excluding carboxylic acids is 1. The molecule has 1 aliphatic heterocycles. The van der Waals surface area contributed by atoms with Crippen molar-refractivity contribution in [3.05, 3.63) is 51.8 Å². The Morgan fingerprint density at radius 2 is 1.88 bits per heavy atom. The number of halogens is 2. The summed E-state index contributed by atoms with van der Waals surface area (Å²) in [7, 11) is 0. The quantitative estimate of drug-likeness (QED) is 0.837. The van der Waals surface area contributed by atoms with Gasteiger partial charge in [-0.05, 0) is 38.3 Å². The van der Waals surface area contributed by atoms with Gasteiger partial charge in [0, 0.05) is 19.2 Å². The number of amides is 1. The van der Waals surface area contributed by atoms with E-state index in [-0.39, 0.29) is 23.9 Å². The van der Waals surface area contributed by atoms with Crippen LogP contribution in [0.25, 0.3) is 5.69 Å². The highest BCUT2D eigenvalue weighted by atomic mass is 19.2. The van der Waals surface area contributed by atoms with E-state index in [1.807, 2.05) is 0 Å². The summed E-state index contributed by atoms with van der Waals surface area (Å²) in [6.07, 6.45) is 2.79. The summed E-state index contributed by atoms with van der Waals surface area (Å²) in [6, 6.07) is 4.33. The van der Waals surface area contributed by atoms with Gasteiger partial charge in [0.05, 0.1) is 18.4 Å². The molecule has 1 aliphatic rings. The number of ether oxygens (including phenoxy) is 1. The van der Waals surface area contributed by atoms with Crippen LogP contribution >= 0.6 is 0 Å². The van der Waals surface area contributed by atoms with Crippen molar-refractivity contribution in [2.45, 2.75) is 26.2 Å². The van der Waals surface area contributed by atoms with Crippen molar-refractivity contribution in [1.29, 1.82) is 0 Å². The maximum absolute atomic E-state index is 13.6. The number of likely N-dealkylation sites (tertiary alicyclic amines) is 1. The predicted molar refractivity (Wildman–Crippen MR) is 90.7 cm³/mol. The molecule has 2 aromatic rings. The second-order valence-electron chi connectivity index (χ2n) is 5.99. The van der Waals surface area contributed by atoms with E-state index >= 15 is 0 Å². The lowest BCUT2D eigenvalue weighted by atomic mass is 10.1. The van der Waals surface area contributed by atoms with Crippen LogP contribution in [-0.2, 0) is 0 Å². The zero-order chi connectivity index (χ0) is 18.7. The SMILES string of the molecule is CCOc1cc(=O)c(C(=O)N2CCCCC2)nn1-c1ccc(F)c(F)c1. The fourth-order valence-electron chi connectivity index (χ4n) is 2.89. The third kappa shape index (κ3) is 3.58. The summed E-state index contributed by atoms with van der Waals surface area (Å²) in [5.41, 5.74) is -0.678. The van der Waals surface area contributed by atoms with Crippen LogP contribution in [0, 0.1) is 11.6 Å². The van der Waals surface area contributed by atoms with Gasteiger partial charge in [-0.1, -0.05) is 0 Å². The van der Waals surface area contributed by atoms with E-state index in [0.717, 1.165) is 42.1 Å². The van der Waals surface area contributed by atoms with Crippen molar-refractivity contribution in [2.75, 3.05) is 19.7 Å². The van der Waals surface area contributed by atoms with Crippen molar-refractivity contribution in [3.63, 3.8) is 0 Å². The molecule has 2 heterocycles. The van der Waals surface area contributed by atoms with E-state index in [2.05, 4.69) is 5.10 Å². The minimum absolute atomic E-state index is 0.0544. The van der Waals surface area contributed by atoms with Crippen molar-refractivity contribution in [2.24, 2.45) is 0 Å². The van der Waals surface area contributed by atoms with E-state index in [0.29, 0.717) is 13.1 Å². The van der Waals surface area contributed by atoms with Crippen molar-refractivity contribution in [1.82, 2.24) is 14.7 Å². The minimum atomic E-state index is -1.06. The Morgan fingerprint density at radius 1 is 1.15 bits per heavy atom. The van der Waals surface area contributed by atoms with Gasteiger partial charge in [-0.2, -0.15) is 5.10 Å². The highest BCUT2D eigenvalue weighted by Gasteiger charge is 2.24. The first-order valence-electron chi connectivity index (χ1n) is 8.53. The molecule has 1 aromatic carbocycles. The second-order valence-corrected chi connectivity index (χ2v) is 5.99. The van der Waals surface area contributed by atoms with Crippen LogP contribution in [-0.4, -0.2) is 40.3 Å². The van der Waals surface area contributed by atoms with Gasteiger partial charge in [0.2, 0.25) is 11.3 Å². The zero-order valence-corrected chi connectivity index (χ0v) is 14.4. The Morgan fingerprint density at radius 3 is 2.54 bits per heavy atom. The molecular formula is C18H19F2N3O3. The maximum Gasteiger partial charge on any atom is 0.278 e. The summed E-state index contributed by atoms with van der Waals surface area (Å²) in [6.45, 7) is 3.09. The summed E-state index contributed by atoms with van der Waals surface area (Å²) in [5.74, 6) is -2.47. The summed E-state index contributed by atoms with van der Waals surface area (Å²) >= 11 is 0. The number of aromatic nitrogens is 2. The van der Waals surface area contributed by atoms with Crippen LogP contribution < -0.4 is 10.2 Å². The van der Waals surface area contributed by atoms with Crippen LogP contribution in [0.5, 0.6) is 5.88 Å². The Balaban J connectivity index is 2.07. The standard InChI is InChI=1S/C18H19F2N3O3/c1-2-26-16-11-15(24)17(18(25)22-8-4-3-5-9-22)21-23(16)12-6-7-13(19)14(20)10-12/h6-7,10-11H,2-5,8-9H2,1H3. The minimum Gasteiger partial charge on any atom is -0.478 e. The number of rotatable bonds is 4. The molecular weight excluding hydrogens is 344 g/mol. The molecule has 0 bridgehead atoms. The third-order valence-corrected chi connectivity index (χ3v) is 4.18. The highest BCUT2D eigenvalue weighted by Crippen LogP contribution is 2.19. The molecule has 0 saturated carbocycles. The molecule has 6 nitrogen and oxygen atoms in total. The van der Waals surface area contributed by atoms with Crippen LogP contribution in [0.3, 0.4) is 0 Å². The number of carbonyl (C=O) groups is 1. The molecule has 0 atom stereocenters. The van der Waals surface area contributed by atoms with Gasteiger partial charge in [-0.25, -0.2) is 13.5 Å². The van der Waals surface area contributed by atoms with Gasteiger partial charge in [0.1, 0.15) is 0 Å². The zero-order valence-electron chi connectivity index (χ0n) is 14.4. The lowest BCUT2D eigenvalue weighted by molar-refractivity contribution is 0.0714. The van der Waals surface area contributed by atoms with E-state index < -0.39 is 23.0 Å². The first-order valence-corrected chi connectivity index (χ1v) is 8.53. The molecule has 0 aliphatic carbocycles. The van der Waals surface area contributed by atoms with Crippen molar-refractivity contribution < 1.29 is 18.3 Å². The first kappa shape index (κ1) is 18.0. The van der Waals surface area contributed by atoms with Crippen molar-refractivity contribution >= 4 is 5.91 Å². The van der Waals surface area contributed by atoms with Crippen molar-refractivity contribution in [3.8, 4) is 11.6 Å². The molecule has 138 valence electrons. The number of hydrogen-bond acceptors (Lipinski definition) is 4.